The molecule has 0 aliphatic carbocycles. The second-order valence-corrected chi connectivity index (χ2v) is 6.12. The monoisotopic (exact) mass is 343 g/mol. The third-order valence-corrected chi connectivity index (χ3v) is 4.44. The fourth-order valence-corrected chi connectivity index (χ4v) is 3.26. The number of urea groups is 1. The summed E-state index contributed by atoms with van der Waals surface area (Å²) >= 11 is 1.38. The van der Waals surface area contributed by atoms with E-state index in [2.05, 4.69) is 45.0 Å². The smallest absolute Gasteiger partial charge is 0.321 e. The highest BCUT2D eigenvalue weighted by Gasteiger charge is 2.18. The van der Waals surface area contributed by atoms with E-state index in [0.29, 0.717) is 10.8 Å². The summed E-state index contributed by atoms with van der Waals surface area (Å²) in [5.41, 5.74) is 1.84. The minimum atomic E-state index is -0.353. The highest BCUT2D eigenvalue weighted by Crippen LogP contribution is 2.31. The van der Waals surface area contributed by atoms with Crippen molar-refractivity contribution in [2.45, 2.75) is 25.8 Å². The van der Waals surface area contributed by atoms with E-state index in [9.17, 15) is 4.79 Å². The number of rotatable bonds is 6. The lowest BCUT2D eigenvalue weighted by atomic mass is 9.97. The van der Waals surface area contributed by atoms with Crippen LogP contribution < -0.4 is 10.6 Å². The molecule has 3 aromatic rings. The largest absolute Gasteiger partial charge is 0.364 e. The molecule has 7 nitrogen and oxygen atoms in total. The topological polar surface area (TPSA) is 92.9 Å². The van der Waals surface area contributed by atoms with Gasteiger partial charge in [0, 0.05) is 12.0 Å². The molecule has 2 aromatic heterocycles. The molecule has 0 unspecified atom stereocenters. The third-order valence-electron chi connectivity index (χ3n) is 3.49. The molecular weight excluding hydrogens is 326 g/mol. The second kappa shape index (κ2) is 7.69. The molecule has 24 heavy (non-hydrogen) atoms. The number of benzene rings is 1. The number of nitrogens with zero attached hydrogens (tertiary/aromatic N) is 3. The van der Waals surface area contributed by atoms with Crippen LogP contribution in [-0.2, 0) is 6.54 Å². The predicted octanol–water partition coefficient (Wildman–Crippen LogP) is 3.39. The first-order chi connectivity index (χ1) is 11.8. The maximum Gasteiger partial charge on any atom is 0.321 e. The Morgan fingerprint density at radius 3 is 2.79 bits per heavy atom. The van der Waals surface area contributed by atoms with Crippen LogP contribution in [0.2, 0.25) is 0 Å². The van der Waals surface area contributed by atoms with Gasteiger partial charge in [-0.3, -0.25) is 5.32 Å². The van der Waals surface area contributed by atoms with Gasteiger partial charge in [0.25, 0.3) is 0 Å². The van der Waals surface area contributed by atoms with Crippen LogP contribution in [0.25, 0.3) is 0 Å². The summed E-state index contributed by atoms with van der Waals surface area (Å²) in [5, 5.41) is 18.7. The first kappa shape index (κ1) is 16.1. The molecule has 3 rings (SSSR count). The van der Waals surface area contributed by atoms with Gasteiger partial charge in [0.2, 0.25) is 5.13 Å². The Morgan fingerprint density at radius 1 is 1.25 bits per heavy atom. The summed E-state index contributed by atoms with van der Waals surface area (Å²) in [6.45, 7) is 2.40. The fourth-order valence-electron chi connectivity index (χ4n) is 2.31. The van der Waals surface area contributed by atoms with Crippen molar-refractivity contribution < 1.29 is 9.32 Å². The Balaban J connectivity index is 1.61. The van der Waals surface area contributed by atoms with E-state index in [1.54, 1.807) is 6.07 Å². The molecule has 0 saturated heterocycles. The molecule has 0 fully saturated rings. The molecular formula is C16H17N5O2S. The van der Waals surface area contributed by atoms with Crippen molar-refractivity contribution in [2.24, 2.45) is 0 Å². The molecule has 0 aliphatic heterocycles. The Morgan fingerprint density at radius 2 is 2.08 bits per heavy atom. The maximum atomic E-state index is 11.9. The molecule has 1 aromatic carbocycles. The van der Waals surface area contributed by atoms with Gasteiger partial charge in [-0.05, 0) is 12.0 Å². The Labute approximate surface area is 143 Å². The van der Waals surface area contributed by atoms with Crippen molar-refractivity contribution in [3.8, 4) is 0 Å². The van der Waals surface area contributed by atoms with E-state index < -0.39 is 0 Å². The maximum absolute atomic E-state index is 11.9. The minimum Gasteiger partial charge on any atom is -0.364 e. The first-order valence-electron chi connectivity index (χ1n) is 7.58. The average molecular weight is 343 g/mol. The highest BCUT2D eigenvalue weighted by atomic mass is 32.1. The van der Waals surface area contributed by atoms with E-state index in [1.165, 1.54) is 23.2 Å². The number of carbonyl (C=O) groups is 1. The Bertz CT molecular complexity index is 773. The zero-order valence-corrected chi connectivity index (χ0v) is 13.9. The number of hydrogen-bond donors (Lipinski definition) is 2. The molecule has 1 atom stereocenters. The van der Waals surface area contributed by atoms with Crippen molar-refractivity contribution in [1.29, 1.82) is 0 Å². The third kappa shape index (κ3) is 3.96. The summed E-state index contributed by atoms with van der Waals surface area (Å²) in [5.74, 6) is 0.178. The second-order valence-electron chi connectivity index (χ2n) is 5.12. The Kier molecular flexibility index (Phi) is 5.17. The zero-order chi connectivity index (χ0) is 16.8. The molecule has 0 bridgehead atoms. The van der Waals surface area contributed by atoms with Gasteiger partial charge in [-0.2, -0.15) is 0 Å². The van der Waals surface area contributed by atoms with Crippen LogP contribution in [0.5, 0.6) is 0 Å². The van der Waals surface area contributed by atoms with E-state index in [0.717, 1.165) is 11.4 Å². The minimum absolute atomic E-state index is 0.178. The van der Waals surface area contributed by atoms with E-state index >= 15 is 0 Å². The van der Waals surface area contributed by atoms with Gasteiger partial charge in [0.15, 0.2) is 0 Å². The van der Waals surface area contributed by atoms with E-state index in [1.807, 2.05) is 18.2 Å². The van der Waals surface area contributed by atoms with Crippen molar-refractivity contribution in [2.75, 3.05) is 5.32 Å². The van der Waals surface area contributed by atoms with Gasteiger partial charge >= 0.3 is 6.03 Å². The number of carbonyl (C=O) groups excluding carboxylic acids is 1. The lowest BCUT2D eigenvalue weighted by Gasteiger charge is -2.11. The van der Waals surface area contributed by atoms with Crippen LogP contribution in [0.1, 0.15) is 35.5 Å². The number of hydrogen-bond acceptors (Lipinski definition) is 6. The van der Waals surface area contributed by atoms with Crippen LogP contribution in [0, 0.1) is 0 Å². The van der Waals surface area contributed by atoms with Crippen molar-refractivity contribution in [3.05, 3.63) is 58.9 Å². The predicted molar refractivity (Wildman–Crippen MR) is 90.8 cm³/mol. The zero-order valence-electron chi connectivity index (χ0n) is 13.1. The average Bonchev–Trinajstić information content (AvgIpc) is 3.27. The Hall–Kier alpha value is -2.74. The summed E-state index contributed by atoms with van der Waals surface area (Å²) in [7, 11) is 0. The van der Waals surface area contributed by atoms with Crippen molar-refractivity contribution >= 4 is 22.5 Å². The van der Waals surface area contributed by atoms with Gasteiger partial charge in [-0.25, -0.2) is 4.79 Å². The number of nitrogens with one attached hydrogen (secondary N) is 2. The molecule has 0 aliphatic rings. The quantitative estimate of drug-likeness (QED) is 0.715. The van der Waals surface area contributed by atoms with Crippen molar-refractivity contribution in [3.63, 3.8) is 0 Å². The first-order valence-corrected chi connectivity index (χ1v) is 8.40. The fraction of sp³-hybridized carbons (Fsp3) is 0.250. The summed E-state index contributed by atoms with van der Waals surface area (Å²) in [6.07, 6.45) is 2.37. The van der Waals surface area contributed by atoms with Crippen LogP contribution in [-0.4, -0.2) is 21.4 Å². The van der Waals surface area contributed by atoms with Gasteiger partial charge < -0.3 is 9.84 Å². The molecule has 8 heteroatoms. The normalized spacial score (nSPS) is 11.9. The summed E-state index contributed by atoms with van der Waals surface area (Å²) in [4.78, 5) is 11.9. The lowest BCUT2D eigenvalue weighted by Crippen LogP contribution is -2.28. The van der Waals surface area contributed by atoms with E-state index in [-0.39, 0.29) is 18.5 Å². The van der Waals surface area contributed by atoms with Gasteiger partial charge in [-0.1, -0.05) is 53.7 Å². The van der Waals surface area contributed by atoms with Crippen LogP contribution in [0.15, 0.2) is 47.2 Å². The van der Waals surface area contributed by atoms with Crippen LogP contribution >= 0.6 is 11.3 Å². The molecule has 0 radical (unpaired) electrons. The van der Waals surface area contributed by atoms with Crippen LogP contribution in [0.4, 0.5) is 9.93 Å². The molecule has 2 amide bonds. The lowest BCUT2D eigenvalue weighted by molar-refractivity contribution is 0.251. The molecule has 0 saturated carbocycles. The van der Waals surface area contributed by atoms with Gasteiger partial charge in [0.05, 0.1) is 6.54 Å². The molecule has 124 valence electrons. The highest BCUT2D eigenvalue weighted by molar-refractivity contribution is 7.15. The molecule has 0 spiro atoms. The van der Waals surface area contributed by atoms with Crippen LogP contribution in [0.3, 0.4) is 0 Å². The molecule has 2 heterocycles. The van der Waals surface area contributed by atoms with Crippen molar-refractivity contribution in [1.82, 2.24) is 20.7 Å². The van der Waals surface area contributed by atoms with E-state index in [4.69, 9.17) is 4.52 Å². The number of anilines is 1. The standard InChI is InChI=1S/C16H17N5O2S/c1-2-13(11-6-4-3-5-7-11)14-19-20-16(24-14)18-15(22)17-10-12-8-9-23-21-12/h3-9,13H,2,10H2,1H3,(H2,17,18,20,22)/t13-/m1/s1. The van der Waals surface area contributed by atoms with Gasteiger partial charge in [0.1, 0.15) is 17.0 Å². The SMILES string of the molecule is CC[C@H](c1ccccc1)c1nnc(NC(=O)NCc2ccon2)s1. The number of amides is 2. The summed E-state index contributed by atoms with van der Waals surface area (Å²) < 4.78 is 4.71. The number of aromatic nitrogens is 3. The molecule has 2 N–H and O–H groups in total. The summed E-state index contributed by atoms with van der Waals surface area (Å²) in [6, 6.07) is 11.5. The van der Waals surface area contributed by atoms with Gasteiger partial charge in [-0.15, -0.1) is 10.2 Å².